The molecule has 0 spiro atoms. The van der Waals surface area contributed by atoms with Gasteiger partial charge in [0.05, 0.1) is 6.54 Å². The molecule has 0 amide bonds. The third kappa shape index (κ3) is 4.97. The first-order chi connectivity index (χ1) is 12.8. The standard InChI is InChI=1S/C19H28N6O/c1-3-20-19(21-11-13-26-16-9-7-15(2)8-10-16)22-14-18-24-23-17-6-4-5-12-25(17)18/h7-10H,3-6,11-14H2,1-2H3,(H2,20,21,22). The number of benzene rings is 1. The fourth-order valence-corrected chi connectivity index (χ4v) is 2.95. The summed E-state index contributed by atoms with van der Waals surface area (Å²) < 4.78 is 7.95. The van der Waals surface area contributed by atoms with Gasteiger partial charge in [-0.05, 0) is 38.8 Å². The second-order valence-corrected chi connectivity index (χ2v) is 6.42. The van der Waals surface area contributed by atoms with Crippen LogP contribution in [0, 0.1) is 6.92 Å². The highest BCUT2D eigenvalue weighted by Gasteiger charge is 2.15. The van der Waals surface area contributed by atoms with Crippen LogP contribution in [0.5, 0.6) is 5.75 Å². The summed E-state index contributed by atoms with van der Waals surface area (Å²) in [5.41, 5.74) is 1.23. The summed E-state index contributed by atoms with van der Waals surface area (Å²) in [5.74, 6) is 3.68. The largest absolute Gasteiger partial charge is 0.492 e. The second-order valence-electron chi connectivity index (χ2n) is 6.42. The van der Waals surface area contributed by atoms with Crippen LogP contribution in [0.2, 0.25) is 0 Å². The Kier molecular flexibility index (Phi) is 6.46. The van der Waals surface area contributed by atoms with Crippen molar-refractivity contribution >= 4 is 5.96 Å². The van der Waals surface area contributed by atoms with Crippen LogP contribution < -0.4 is 15.4 Å². The van der Waals surface area contributed by atoms with Crippen molar-refractivity contribution in [1.29, 1.82) is 0 Å². The van der Waals surface area contributed by atoms with E-state index >= 15 is 0 Å². The Balaban J connectivity index is 1.49. The van der Waals surface area contributed by atoms with Gasteiger partial charge in [-0.15, -0.1) is 10.2 Å². The van der Waals surface area contributed by atoms with Gasteiger partial charge in [-0.3, -0.25) is 0 Å². The molecule has 1 aromatic carbocycles. The van der Waals surface area contributed by atoms with Gasteiger partial charge in [0.15, 0.2) is 11.8 Å². The van der Waals surface area contributed by atoms with Gasteiger partial charge in [-0.1, -0.05) is 17.7 Å². The van der Waals surface area contributed by atoms with Gasteiger partial charge in [-0.2, -0.15) is 0 Å². The number of fused-ring (bicyclic) bond motifs is 1. The molecule has 1 aromatic heterocycles. The van der Waals surface area contributed by atoms with Crippen LogP contribution >= 0.6 is 0 Å². The Morgan fingerprint density at radius 2 is 2.04 bits per heavy atom. The number of guanidine groups is 1. The lowest BCUT2D eigenvalue weighted by Crippen LogP contribution is -2.39. The monoisotopic (exact) mass is 356 g/mol. The van der Waals surface area contributed by atoms with Crippen LogP contribution in [-0.4, -0.2) is 40.4 Å². The lowest BCUT2D eigenvalue weighted by atomic mass is 10.2. The summed E-state index contributed by atoms with van der Waals surface area (Å²) in [4.78, 5) is 4.64. The SMILES string of the molecule is CCNC(=NCc1nnc2n1CCCC2)NCCOc1ccc(C)cc1. The number of nitrogens with zero attached hydrogens (tertiary/aromatic N) is 4. The minimum absolute atomic E-state index is 0.529. The summed E-state index contributed by atoms with van der Waals surface area (Å²) in [6, 6.07) is 8.08. The van der Waals surface area contributed by atoms with E-state index in [4.69, 9.17) is 4.74 Å². The highest BCUT2D eigenvalue weighted by atomic mass is 16.5. The summed E-state index contributed by atoms with van der Waals surface area (Å²) >= 11 is 0. The van der Waals surface area contributed by atoms with Crippen molar-refractivity contribution in [2.45, 2.75) is 46.2 Å². The maximum absolute atomic E-state index is 5.74. The number of ether oxygens (including phenoxy) is 1. The third-order valence-electron chi connectivity index (χ3n) is 4.34. The van der Waals surface area contributed by atoms with Crippen molar-refractivity contribution in [2.75, 3.05) is 19.7 Å². The number of nitrogens with one attached hydrogen (secondary N) is 2. The van der Waals surface area contributed by atoms with Crippen molar-refractivity contribution in [2.24, 2.45) is 4.99 Å². The number of aliphatic imine (C=N–C) groups is 1. The molecule has 140 valence electrons. The summed E-state index contributed by atoms with van der Waals surface area (Å²) in [6.07, 6.45) is 3.41. The number of hydrogen-bond acceptors (Lipinski definition) is 4. The third-order valence-corrected chi connectivity index (χ3v) is 4.34. The van der Waals surface area contributed by atoms with E-state index in [0.29, 0.717) is 19.7 Å². The number of rotatable bonds is 7. The van der Waals surface area contributed by atoms with E-state index in [1.807, 2.05) is 24.3 Å². The first kappa shape index (κ1) is 18.2. The molecule has 2 heterocycles. The zero-order chi connectivity index (χ0) is 18.2. The molecule has 3 rings (SSSR count). The minimum atomic E-state index is 0.529. The van der Waals surface area contributed by atoms with E-state index in [0.717, 1.165) is 42.9 Å². The molecule has 1 aliphatic heterocycles. The molecule has 2 N–H and O–H groups in total. The predicted molar refractivity (Wildman–Crippen MR) is 102 cm³/mol. The molecule has 0 atom stereocenters. The van der Waals surface area contributed by atoms with Gasteiger partial charge in [0.25, 0.3) is 0 Å². The van der Waals surface area contributed by atoms with E-state index in [2.05, 4.69) is 44.2 Å². The van der Waals surface area contributed by atoms with Gasteiger partial charge in [-0.25, -0.2) is 4.99 Å². The van der Waals surface area contributed by atoms with Crippen molar-refractivity contribution in [3.8, 4) is 5.75 Å². The molecule has 7 heteroatoms. The fourth-order valence-electron chi connectivity index (χ4n) is 2.95. The van der Waals surface area contributed by atoms with E-state index in [1.165, 1.54) is 18.4 Å². The Bertz CT molecular complexity index is 722. The molecule has 0 fully saturated rings. The van der Waals surface area contributed by atoms with Crippen LogP contribution in [0.1, 0.15) is 37.0 Å². The lowest BCUT2D eigenvalue weighted by molar-refractivity contribution is 0.322. The Labute approximate surface area is 154 Å². The van der Waals surface area contributed by atoms with E-state index in [1.54, 1.807) is 0 Å². The molecule has 0 bridgehead atoms. The molecule has 2 aromatic rings. The van der Waals surface area contributed by atoms with Crippen molar-refractivity contribution < 1.29 is 4.74 Å². The van der Waals surface area contributed by atoms with Crippen LogP contribution in [0.3, 0.4) is 0 Å². The summed E-state index contributed by atoms with van der Waals surface area (Å²) in [5, 5.41) is 15.1. The molecular formula is C19H28N6O. The van der Waals surface area contributed by atoms with E-state index in [9.17, 15) is 0 Å². The van der Waals surface area contributed by atoms with Gasteiger partial charge >= 0.3 is 0 Å². The Morgan fingerprint density at radius 1 is 1.19 bits per heavy atom. The van der Waals surface area contributed by atoms with Crippen LogP contribution in [0.15, 0.2) is 29.3 Å². The van der Waals surface area contributed by atoms with E-state index < -0.39 is 0 Å². The predicted octanol–water partition coefficient (Wildman–Crippen LogP) is 2.06. The van der Waals surface area contributed by atoms with Crippen molar-refractivity contribution in [3.63, 3.8) is 0 Å². The highest BCUT2D eigenvalue weighted by molar-refractivity contribution is 5.79. The van der Waals surface area contributed by atoms with Crippen LogP contribution in [-0.2, 0) is 19.5 Å². The summed E-state index contributed by atoms with van der Waals surface area (Å²) in [7, 11) is 0. The van der Waals surface area contributed by atoms with Gasteiger partial charge in [0.1, 0.15) is 24.7 Å². The molecule has 0 saturated heterocycles. The van der Waals surface area contributed by atoms with E-state index in [-0.39, 0.29) is 0 Å². The molecular weight excluding hydrogens is 328 g/mol. The maximum Gasteiger partial charge on any atom is 0.191 e. The van der Waals surface area contributed by atoms with Crippen LogP contribution in [0.4, 0.5) is 0 Å². The maximum atomic E-state index is 5.74. The van der Waals surface area contributed by atoms with Gasteiger partial charge in [0.2, 0.25) is 0 Å². The van der Waals surface area contributed by atoms with Crippen molar-refractivity contribution in [1.82, 2.24) is 25.4 Å². The molecule has 0 aliphatic carbocycles. The zero-order valence-corrected chi connectivity index (χ0v) is 15.7. The number of aryl methyl sites for hydroxylation is 2. The smallest absolute Gasteiger partial charge is 0.191 e. The first-order valence-electron chi connectivity index (χ1n) is 9.39. The molecule has 0 saturated carbocycles. The topological polar surface area (TPSA) is 76.4 Å². The fraction of sp³-hybridized carbons (Fsp3) is 0.526. The molecule has 7 nitrogen and oxygen atoms in total. The summed E-state index contributed by atoms with van der Waals surface area (Å²) in [6.45, 7) is 7.71. The van der Waals surface area contributed by atoms with Gasteiger partial charge < -0.3 is 19.9 Å². The quantitative estimate of drug-likeness (QED) is 0.451. The highest BCUT2D eigenvalue weighted by Crippen LogP contribution is 2.14. The Hall–Kier alpha value is -2.57. The normalized spacial score (nSPS) is 14.0. The zero-order valence-electron chi connectivity index (χ0n) is 15.7. The first-order valence-corrected chi connectivity index (χ1v) is 9.39. The number of hydrogen-bond donors (Lipinski definition) is 2. The van der Waals surface area contributed by atoms with Crippen LogP contribution in [0.25, 0.3) is 0 Å². The van der Waals surface area contributed by atoms with Crippen molar-refractivity contribution in [3.05, 3.63) is 41.5 Å². The molecule has 0 radical (unpaired) electrons. The molecule has 26 heavy (non-hydrogen) atoms. The van der Waals surface area contributed by atoms with Gasteiger partial charge in [0, 0.05) is 19.5 Å². The molecule has 0 unspecified atom stereocenters. The second kappa shape index (κ2) is 9.22. The average Bonchev–Trinajstić information content (AvgIpc) is 3.08. The Morgan fingerprint density at radius 3 is 2.85 bits per heavy atom. The minimum Gasteiger partial charge on any atom is -0.492 e. The number of aromatic nitrogens is 3. The average molecular weight is 356 g/mol. The molecule has 1 aliphatic rings. The lowest BCUT2D eigenvalue weighted by Gasteiger charge is -2.15.